The molecule has 0 bridgehead atoms. The molecule has 0 unspecified atom stereocenters. The summed E-state index contributed by atoms with van der Waals surface area (Å²) in [6, 6.07) is 41.9. The van der Waals surface area contributed by atoms with Crippen molar-refractivity contribution in [3.8, 4) is 0 Å². The van der Waals surface area contributed by atoms with E-state index in [1.54, 1.807) is 0 Å². The number of ether oxygens (including phenoxy) is 2. The topological polar surface area (TPSA) is 56.3 Å². The maximum absolute atomic E-state index is 6.62. The van der Waals surface area contributed by atoms with E-state index in [1.807, 2.05) is 24.3 Å². The Kier molecular flexibility index (Phi) is 5.38. The van der Waals surface area contributed by atoms with Crippen LogP contribution in [-0.2, 0) is 9.47 Å². The minimum absolute atomic E-state index is 0.0666. The minimum Gasteiger partial charge on any atom is -0.475 e. The van der Waals surface area contributed by atoms with Gasteiger partial charge in [0.05, 0.1) is 11.1 Å². The predicted octanol–water partition coefficient (Wildman–Crippen LogP) is 8.93. The molecule has 0 spiro atoms. The lowest BCUT2D eigenvalue weighted by Gasteiger charge is -2.06. The van der Waals surface area contributed by atoms with E-state index >= 15 is 0 Å². The van der Waals surface area contributed by atoms with Crippen molar-refractivity contribution < 1.29 is 13.9 Å². The van der Waals surface area contributed by atoms with Gasteiger partial charge in [0.1, 0.15) is 36.5 Å². The maximum atomic E-state index is 6.62. The Morgan fingerprint density at radius 3 is 1.42 bits per heavy atom. The molecule has 5 nitrogen and oxygen atoms in total. The van der Waals surface area contributed by atoms with Crippen molar-refractivity contribution in [1.29, 1.82) is 0 Å². The lowest BCUT2D eigenvalue weighted by molar-refractivity contribution is 0.319. The first-order valence-electron chi connectivity index (χ1n) is 14.6. The Balaban J connectivity index is 1.09. The van der Waals surface area contributed by atoms with E-state index in [0.717, 1.165) is 44.2 Å². The molecule has 5 heteroatoms. The van der Waals surface area contributed by atoms with Crippen molar-refractivity contribution >= 4 is 55.3 Å². The summed E-state index contributed by atoms with van der Waals surface area (Å²) < 4.78 is 19.0. The molecule has 0 aliphatic carbocycles. The Morgan fingerprint density at radius 2 is 0.930 bits per heavy atom. The third-order valence-electron chi connectivity index (χ3n) is 8.60. The second kappa shape index (κ2) is 9.57. The maximum Gasteiger partial charge on any atom is 0.220 e. The molecule has 43 heavy (non-hydrogen) atoms. The number of fused-ring (bicyclic) bond motifs is 5. The van der Waals surface area contributed by atoms with Crippen LogP contribution in [0.3, 0.4) is 0 Å². The van der Waals surface area contributed by atoms with E-state index in [4.69, 9.17) is 23.9 Å². The third kappa shape index (κ3) is 4.00. The van der Waals surface area contributed by atoms with Gasteiger partial charge in [0.2, 0.25) is 11.8 Å². The van der Waals surface area contributed by atoms with Gasteiger partial charge in [0.25, 0.3) is 0 Å². The summed E-state index contributed by atoms with van der Waals surface area (Å²) in [4.78, 5) is 10.0. The monoisotopic (exact) mass is 558 g/mol. The summed E-state index contributed by atoms with van der Waals surface area (Å²) in [5.41, 5.74) is 5.51. The number of hydrogen-bond donors (Lipinski definition) is 0. The Hall–Kier alpha value is -5.42. The molecule has 9 rings (SSSR count). The summed E-state index contributed by atoms with van der Waals surface area (Å²) in [7, 11) is 0. The number of rotatable bonds is 4. The average Bonchev–Trinajstić information content (AvgIpc) is 3.83. The van der Waals surface area contributed by atoms with Gasteiger partial charge in [0, 0.05) is 10.8 Å². The second-order valence-corrected chi connectivity index (χ2v) is 11.2. The summed E-state index contributed by atoms with van der Waals surface area (Å²) in [6.45, 7) is 0.993. The van der Waals surface area contributed by atoms with Gasteiger partial charge in [-0.05, 0) is 56.9 Å². The molecule has 0 saturated heterocycles. The van der Waals surface area contributed by atoms with Crippen molar-refractivity contribution in [1.82, 2.24) is 0 Å². The van der Waals surface area contributed by atoms with Crippen molar-refractivity contribution in [3.05, 3.63) is 144 Å². The van der Waals surface area contributed by atoms with Crippen LogP contribution in [0.25, 0.3) is 43.5 Å². The molecule has 2 aliphatic heterocycles. The molecule has 0 N–H and O–H groups in total. The van der Waals surface area contributed by atoms with Gasteiger partial charge in [-0.1, -0.05) is 97.1 Å². The molecule has 3 heterocycles. The van der Waals surface area contributed by atoms with Crippen LogP contribution < -0.4 is 0 Å². The highest BCUT2D eigenvalue weighted by Crippen LogP contribution is 2.37. The van der Waals surface area contributed by atoms with Crippen LogP contribution in [0.15, 0.2) is 136 Å². The van der Waals surface area contributed by atoms with E-state index in [9.17, 15) is 0 Å². The summed E-state index contributed by atoms with van der Waals surface area (Å²) in [6.07, 6.45) is 0. The molecule has 0 fully saturated rings. The Morgan fingerprint density at radius 1 is 0.465 bits per heavy atom. The molecule has 0 saturated carbocycles. The number of para-hydroxylation sites is 2. The summed E-state index contributed by atoms with van der Waals surface area (Å²) in [5.74, 6) is 1.21. The van der Waals surface area contributed by atoms with Crippen LogP contribution in [0.5, 0.6) is 0 Å². The van der Waals surface area contributed by atoms with Crippen molar-refractivity contribution in [2.75, 3.05) is 13.2 Å². The number of benzene rings is 6. The van der Waals surface area contributed by atoms with Crippen LogP contribution in [0.4, 0.5) is 0 Å². The van der Waals surface area contributed by atoms with Gasteiger partial charge < -0.3 is 13.9 Å². The van der Waals surface area contributed by atoms with Crippen molar-refractivity contribution in [2.45, 2.75) is 12.1 Å². The van der Waals surface area contributed by atoms with E-state index in [0.29, 0.717) is 25.0 Å². The predicted molar refractivity (Wildman–Crippen MR) is 172 cm³/mol. The highest BCUT2D eigenvalue weighted by atomic mass is 16.5. The molecule has 1 aromatic heterocycles. The fourth-order valence-corrected chi connectivity index (χ4v) is 6.37. The molecular formula is C38H26N2O3. The minimum atomic E-state index is -0.0666. The second-order valence-electron chi connectivity index (χ2n) is 11.2. The van der Waals surface area contributed by atoms with Crippen LogP contribution in [0.1, 0.15) is 34.3 Å². The highest BCUT2D eigenvalue weighted by molar-refractivity contribution is 6.17. The normalized spacial score (nSPS) is 18.2. The summed E-state index contributed by atoms with van der Waals surface area (Å²) in [5, 5.41) is 6.87. The van der Waals surface area contributed by atoms with Gasteiger partial charge in [-0.25, -0.2) is 9.98 Å². The van der Waals surface area contributed by atoms with Gasteiger partial charge >= 0.3 is 0 Å². The first-order valence-corrected chi connectivity index (χ1v) is 14.6. The summed E-state index contributed by atoms with van der Waals surface area (Å²) >= 11 is 0. The lowest BCUT2D eigenvalue weighted by atomic mass is 10.0. The van der Waals surface area contributed by atoms with Gasteiger partial charge in [-0.3, -0.25) is 0 Å². The average molecular weight is 559 g/mol. The zero-order chi connectivity index (χ0) is 28.3. The fourth-order valence-electron chi connectivity index (χ4n) is 6.37. The molecular weight excluding hydrogens is 532 g/mol. The van der Waals surface area contributed by atoms with Crippen LogP contribution >= 0.6 is 0 Å². The smallest absolute Gasteiger partial charge is 0.220 e. The van der Waals surface area contributed by atoms with Crippen LogP contribution in [-0.4, -0.2) is 25.0 Å². The lowest BCUT2D eigenvalue weighted by Crippen LogP contribution is -2.02. The van der Waals surface area contributed by atoms with E-state index in [1.165, 1.54) is 21.5 Å². The van der Waals surface area contributed by atoms with Crippen molar-refractivity contribution in [3.63, 3.8) is 0 Å². The van der Waals surface area contributed by atoms with Gasteiger partial charge in [-0.2, -0.15) is 0 Å². The Bertz CT molecular complexity index is 2120. The number of hydrogen-bond acceptors (Lipinski definition) is 5. The molecule has 0 radical (unpaired) electrons. The Labute approximate surface area is 247 Å². The van der Waals surface area contributed by atoms with E-state index in [2.05, 4.69) is 97.1 Å². The molecule has 2 atom stereocenters. The number of nitrogens with zero attached hydrogens (tertiary/aromatic N) is 2. The number of aliphatic imine (C=N–C) groups is 2. The molecule has 2 aliphatic rings. The quantitative estimate of drug-likeness (QED) is 0.217. The van der Waals surface area contributed by atoms with Crippen LogP contribution in [0, 0.1) is 0 Å². The fraction of sp³-hybridized carbons (Fsp3) is 0.105. The molecule has 206 valence electrons. The zero-order valence-electron chi connectivity index (χ0n) is 23.2. The standard InChI is InChI=1S/C38H26N2O3/c1-3-9-25-19-27(17-15-23(25)7-1)33-21-41-37(39-33)31-13-5-11-29-30-12-6-14-32(36(30)43-35(29)31)38-40-34(22-42-38)28-18-16-24-8-2-4-10-26(24)20-28/h1-20,33-34H,21-22H2/t33-,34-/m0/s1. The highest BCUT2D eigenvalue weighted by Gasteiger charge is 2.28. The molecule has 0 amide bonds. The number of furan rings is 1. The first kappa shape index (κ1) is 24.2. The zero-order valence-corrected chi connectivity index (χ0v) is 23.2. The van der Waals surface area contributed by atoms with Gasteiger partial charge in [0.15, 0.2) is 0 Å². The first-order chi connectivity index (χ1) is 21.3. The third-order valence-corrected chi connectivity index (χ3v) is 8.60. The van der Waals surface area contributed by atoms with Crippen molar-refractivity contribution in [2.24, 2.45) is 9.98 Å². The molecule has 6 aromatic carbocycles. The van der Waals surface area contributed by atoms with E-state index in [-0.39, 0.29) is 12.1 Å². The largest absolute Gasteiger partial charge is 0.475 e. The van der Waals surface area contributed by atoms with E-state index < -0.39 is 0 Å². The molecule has 7 aromatic rings. The van der Waals surface area contributed by atoms with Crippen LogP contribution in [0.2, 0.25) is 0 Å². The SMILES string of the molecule is c1ccc2cc([C@@H]3COC(c4cccc5c4oc4c(C6=N[C@H](c7ccc8ccccc8c7)CO6)cccc45)=N3)ccc2c1. The van der Waals surface area contributed by atoms with Gasteiger partial charge in [-0.15, -0.1) is 0 Å².